The van der Waals surface area contributed by atoms with E-state index >= 15 is 0 Å². The number of rotatable bonds is 5. The molecule has 0 saturated heterocycles. The maximum absolute atomic E-state index is 10.2. The van der Waals surface area contributed by atoms with Crippen LogP contribution in [0.3, 0.4) is 0 Å². The number of nitrogens with two attached hydrogens (primary N) is 1. The average Bonchev–Trinajstić information content (AvgIpc) is 2.17. The fraction of sp³-hybridized carbons (Fsp3) is 0.571. The summed E-state index contributed by atoms with van der Waals surface area (Å²) in [6.07, 6.45) is 0.770. The Morgan fingerprint density at radius 1 is 1.41 bits per heavy atom. The molecule has 0 saturated carbocycles. The fourth-order valence-electron chi connectivity index (χ4n) is 2.06. The summed E-state index contributed by atoms with van der Waals surface area (Å²) in [6.45, 7) is 8.60. The van der Waals surface area contributed by atoms with Crippen molar-refractivity contribution in [1.29, 1.82) is 0 Å². The molecule has 0 aromatic heterocycles. The van der Waals surface area contributed by atoms with Gasteiger partial charge >= 0.3 is 0 Å². The van der Waals surface area contributed by atoms with Crippen molar-refractivity contribution in [1.82, 2.24) is 0 Å². The first kappa shape index (κ1) is 13.8. The molecule has 17 heavy (non-hydrogen) atoms. The molecule has 0 fully saturated rings. The van der Waals surface area contributed by atoms with Crippen molar-refractivity contribution in [3.05, 3.63) is 23.8 Å². The van der Waals surface area contributed by atoms with Gasteiger partial charge in [0.2, 0.25) is 0 Å². The maximum Gasteiger partial charge on any atom is 0.0793 e. The largest absolute Gasteiger partial charge is 0.397 e. The number of nitrogens with one attached hydrogen (secondary N) is 1. The molecule has 96 valence electrons. The van der Waals surface area contributed by atoms with Gasteiger partial charge in [-0.15, -0.1) is 0 Å². The Labute approximate surface area is 104 Å². The van der Waals surface area contributed by atoms with E-state index in [2.05, 4.69) is 19.2 Å². The van der Waals surface area contributed by atoms with Crippen molar-refractivity contribution >= 4 is 11.4 Å². The Morgan fingerprint density at radius 3 is 2.65 bits per heavy atom. The molecular formula is C14H24N2O. The van der Waals surface area contributed by atoms with Gasteiger partial charge in [0.1, 0.15) is 0 Å². The first-order valence-electron chi connectivity index (χ1n) is 6.12. The topological polar surface area (TPSA) is 58.3 Å². The molecule has 1 unspecified atom stereocenters. The lowest BCUT2D eigenvalue weighted by Crippen LogP contribution is -2.35. The lowest BCUT2D eigenvalue weighted by molar-refractivity contribution is 0.0516. The van der Waals surface area contributed by atoms with E-state index in [-0.39, 0.29) is 0 Å². The molecule has 0 aliphatic heterocycles. The van der Waals surface area contributed by atoms with E-state index in [4.69, 9.17) is 5.73 Å². The minimum absolute atomic E-state index is 0.474. The Kier molecular flexibility index (Phi) is 4.40. The van der Waals surface area contributed by atoms with Gasteiger partial charge in [0.05, 0.1) is 17.0 Å². The van der Waals surface area contributed by atoms with Gasteiger partial charge in [-0.3, -0.25) is 0 Å². The summed E-state index contributed by atoms with van der Waals surface area (Å²) in [5, 5.41) is 13.4. The zero-order valence-electron chi connectivity index (χ0n) is 11.2. The molecule has 1 aromatic carbocycles. The zero-order chi connectivity index (χ0) is 13.1. The smallest absolute Gasteiger partial charge is 0.0793 e. The third-order valence-corrected chi connectivity index (χ3v) is 2.72. The summed E-state index contributed by atoms with van der Waals surface area (Å²) >= 11 is 0. The summed E-state index contributed by atoms with van der Waals surface area (Å²) in [4.78, 5) is 0. The molecule has 1 aromatic rings. The molecule has 0 heterocycles. The Hall–Kier alpha value is -1.22. The van der Waals surface area contributed by atoms with Crippen LogP contribution in [-0.2, 0) is 0 Å². The second-order valence-corrected chi connectivity index (χ2v) is 5.54. The van der Waals surface area contributed by atoms with Gasteiger partial charge in [0, 0.05) is 6.54 Å². The third-order valence-electron chi connectivity index (χ3n) is 2.72. The van der Waals surface area contributed by atoms with Gasteiger partial charge in [0.15, 0.2) is 0 Å². The number of aryl methyl sites for hydroxylation is 1. The lowest BCUT2D eigenvalue weighted by Gasteiger charge is -2.26. The van der Waals surface area contributed by atoms with Crippen molar-refractivity contribution in [3.63, 3.8) is 0 Å². The molecule has 0 aliphatic rings. The lowest BCUT2D eigenvalue weighted by atomic mass is 9.94. The molecule has 0 aliphatic carbocycles. The summed E-state index contributed by atoms with van der Waals surface area (Å²) in [6, 6.07) is 5.86. The predicted molar refractivity (Wildman–Crippen MR) is 74.2 cm³/mol. The van der Waals surface area contributed by atoms with Crippen LogP contribution < -0.4 is 11.1 Å². The summed E-state index contributed by atoms with van der Waals surface area (Å²) in [7, 11) is 0. The molecule has 0 radical (unpaired) electrons. The van der Waals surface area contributed by atoms with Gasteiger partial charge in [-0.05, 0) is 43.9 Å². The van der Waals surface area contributed by atoms with Crippen LogP contribution in [0.4, 0.5) is 11.4 Å². The minimum Gasteiger partial charge on any atom is -0.397 e. The predicted octanol–water partition coefficient (Wildman–Crippen LogP) is 2.79. The van der Waals surface area contributed by atoms with E-state index in [0.717, 1.165) is 23.4 Å². The minimum atomic E-state index is -0.704. The van der Waals surface area contributed by atoms with E-state index in [1.165, 1.54) is 0 Å². The zero-order valence-corrected chi connectivity index (χ0v) is 11.2. The van der Waals surface area contributed by atoms with Gasteiger partial charge in [0.25, 0.3) is 0 Å². The van der Waals surface area contributed by atoms with Gasteiger partial charge in [-0.1, -0.05) is 19.9 Å². The van der Waals surface area contributed by atoms with E-state index in [9.17, 15) is 5.11 Å². The molecule has 3 heteroatoms. The average molecular weight is 236 g/mol. The SMILES string of the molecule is Cc1ccc(N)c(NCC(C)(O)CC(C)C)c1. The summed E-state index contributed by atoms with van der Waals surface area (Å²) in [5.74, 6) is 0.474. The Morgan fingerprint density at radius 2 is 2.06 bits per heavy atom. The number of benzene rings is 1. The van der Waals surface area contributed by atoms with Crippen LogP contribution in [0.15, 0.2) is 18.2 Å². The first-order valence-corrected chi connectivity index (χ1v) is 6.12. The van der Waals surface area contributed by atoms with E-state index in [0.29, 0.717) is 12.5 Å². The van der Waals surface area contributed by atoms with Crippen molar-refractivity contribution in [3.8, 4) is 0 Å². The molecule has 0 spiro atoms. The standard InChI is InChI=1S/C14H24N2O/c1-10(2)8-14(4,17)9-16-13-7-11(3)5-6-12(13)15/h5-7,10,16-17H,8-9,15H2,1-4H3. The van der Waals surface area contributed by atoms with Gasteiger partial charge in [-0.25, -0.2) is 0 Å². The Balaban J connectivity index is 2.63. The molecule has 1 atom stereocenters. The highest BCUT2D eigenvalue weighted by molar-refractivity contribution is 5.67. The molecule has 0 bridgehead atoms. The van der Waals surface area contributed by atoms with Crippen LogP contribution in [0.25, 0.3) is 0 Å². The fourth-order valence-corrected chi connectivity index (χ4v) is 2.06. The third kappa shape index (κ3) is 4.65. The molecule has 4 N–H and O–H groups in total. The summed E-state index contributed by atoms with van der Waals surface area (Å²) in [5.41, 5.74) is 7.95. The second kappa shape index (κ2) is 5.41. The molecular weight excluding hydrogens is 212 g/mol. The number of hydrogen-bond acceptors (Lipinski definition) is 3. The van der Waals surface area contributed by atoms with Crippen molar-refractivity contribution < 1.29 is 5.11 Å². The molecule has 0 amide bonds. The van der Waals surface area contributed by atoms with E-state index in [1.54, 1.807) is 0 Å². The number of anilines is 2. The van der Waals surface area contributed by atoms with Crippen LogP contribution >= 0.6 is 0 Å². The number of aliphatic hydroxyl groups is 1. The summed E-state index contributed by atoms with van der Waals surface area (Å²) < 4.78 is 0. The van der Waals surface area contributed by atoms with E-state index < -0.39 is 5.60 Å². The molecule has 3 nitrogen and oxygen atoms in total. The molecule has 1 rings (SSSR count). The highest BCUT2D eigenvalue weighted by Gasteiger charge is 2.21. The van der Waals surface area contributed by atoms with Crippen molar-refractivity contribution in [2.24, 2.45) is 5.92 Å². The van der Waals surface area contributed by atoms with Crippen LogP contribution in [0.1, 0.15) is 32.8 Å². The quantitative estimate of drug-likeness (QED) is 0.689. The van der Waals surface area contributed by atoms with Gasteiger partial charge in [-0.2, -0.15) is 0 Å². The van der Waals surface area contributed by atoms with Crippen molar-refractivity contribution in [2.75, 3.05) is 17.6 Å². The van der Waals surface area contributed by atoms with Crippen LogP contribution in [0.5, 0.6) is 0 Å². The monoisotopic (exact) mass is 236 g/mol. The first-order chi connectivity index (χ1) is 7.80. The van der Waals surface area contributed by atoms with Crippen LogP contribution in [0, 0.1) is 12.8 Å². The normalized spacial score (nSPS) is 14.7. The van der Waals surface area contributed by atoms with Crippen LogP contribution in [0.2, 0.25) is 0 Å². The number of hydrogen-bond donors (Lipinski definition) is 3. The van der Waals surface area contributed by atoms with Crippen LogP contribution in [-0.4, -0.2) is 17.3 Å². The second-order valence-electron chi connectivity index (χ2n) is 5.54. The highest BCUT2D eigenvalue weighted by atomic mass is 16.3. The van der Waals surface area contributed by atoms with Crippen molar-refractivity contribution in [2.45, 2.75) is 39.7 Å². The maximum atomic E-state index is 10.2. The van der Waals surface area contributed by atoms with E-state index in [1.807, 2.05) is 32.0 Å². The number of nitrogen functional groups attached to an aromatic ring is 1. The Bertz CT molecular complexity index is 372. The highest BCUT2D eigenvalue weighted by Crippen LogP contribution is 2.22. The van der Waals surface area contributed by atoms with Gasteiger partial charge < -0.3 is 16.2 Å².